The third kappa shape index (κ3) is 4.26. The second-order valence-corrected chi connectivity index (χ2v) is 19.6. The van der Waals surface area contributed by atoms with Gasteiger partial charge in [-0.1, -0.05) is 0 Å². The molecule has 2 aliphatic heterocycles. The molecule has 124 valence electrons. The van der Waals surface area contributed by atoms with Gasteiger partial charge in [-0.15, -0.1) is 0 Å². The molecule has 0 radical (unpaired) electrons. The molecule has 2 aliphatic rings. The van der Waals surface area contributed by atoms with Crippen molar-refractivity contribution in [1.29, 1.82) is 0 Å². The third-order valence-electron chi connectivity index (χ3n) is 6.30. The van der Waals surface area contributed by atoms with Crippen molar-refractivity contribution in [2.75, 3.05) is 0 Å². The van der Waals surface area contributed by atoms with Crippen LogP contribution in [0.15, 0.2) is 9.88 Å². The zero-order chi connectivity index (χ0) is 16.3. The fourth-order valence-electron chi connectivity index (χ4n) is 4.67. The Morgan fingerprint density at radius 3 is 1.91 bits per heavy atom. The Morgan fingerprint density at radius 1 is 1.05 bits per heavy atom. The van der Waals surface area contributed by atoms with Crippen molar-refractivity contribution in [3.05, 3.63) is 9.88 Å². The minimum atomic E-state index is -1.73. The molecule has 0 aromatic heterocycles. The topological polar surface area (TPSA) is 9.23 Å². The van der Waals surface area contributed by atoms with E-state index in [1.54, 1.807) is 9.88 Å². The van der Waals surface area contributed by atoms with E-state index < -0.39 is 13.3 Å². The van der Waals surface area contributed by atoms with Gasteiger partial charge in [-0.2, -0.15) is 0 Å². The van der Waals surface area contributed by atoms with Gasteiger partial charge >= 0.3 is 142 Å². The van der Waals surface area contributed by atoms with Gasteiger partial charge in [0.25, 0.3) is 0 Å². The molecule has 0 aliphatic carbocycles. The van der Waals surface area contributed by atoms with E-state index in [0.29, 0.717) is 13.8 Å². The maximum atomic E-state index is 6.85. The molecule has 0 unspecified atom stereocenters. The first-order chi connectivity index (χ1) is 10.4. The van der Waals surface area contributed by atoms with Crippen LogP contribution in [0.3, 0.4) is 0 Å². The normalized spacial score (nSPS) is 26.7. The molecule has 2 heterocycles. The number of fused-ring (bicyclic) bond motifs is 2. The van der Waals surface area contributed by atoms with E-state index in [1.165, 1.54) is 44.9 Å². The molecule has 0 saturated carbocycles. The number of hydrogen-bond donors (Lipinski definition) is 0. The molecular formula is C18H36B2GeO. The zero-order valence-corrected chi connectivity index (χ0v) is 18.0. The molecular weight excluding hydrogens is 326 g/mol. The van der Waals surface area contributed by atoms with Gasteiger partial charge in [-0.05, 0) is 0 Å². The Balaban J connectivity index is 2.17. The van der Waals surface area contributed by atoms with Gasteiger partial charge in [-0.3, -0.25) is 0 Å². The molecule has 22 heavy (non-hydrogen) atoms. The van der Waals surface area contributed by atoms with Crippen molar-refractivity contribution in [3.8, 4) is 0 Å². The standard InChI is InChI=1S/C18H36B2GeO/c1-7-18(15(3)21(4,5)6)19(8-2)22-20-16-11-9-12-17(20)14-10-13-16/h16-17H,7-14H2,1-6H3/b18-15-. The maximum absolute atomic E-state index is 6.85. The molecule has 0 aromatic rings. The monoisotopic (exact) mass is 364 g/mol. The second-order valence-electron chi connectivity index (χ2n) is 8.63. The summed E-state index contributed by atoms with van der Waals surface area (Å²) in [6.07, 6.45) is 10.9. The van der Waals surface area contributed by atoms with Crippen molar-refractivity contribution in [1.82, 2.24) is 0 Å². The van der Waals surface area contributed by atoms with E-state index in [0.717, 1.165) is 18.0 Å². The third-order valence-corrected chi connectivity index (χ3v) is 11.7. The van der Waals surface area contributed by atoms with Crippen molar-refractivity contribution in [2.24, 2.45) is 0 Å². The minimum absolute atomic E-state index is 0.390. The first-order valence-corrected chi connectivity index (χ1v) is 17.1. The van der Waals surface area contributed by atoms with E-state index in [2.05, 4.69) is 38.0 Å². The number of hydrogen-bond acceptors (Lipinski definition) is 1. The van der Waals surface area contributed by atoms with Crippen LogP contribution in [0, 0.1) is 0 Å². The van der Waals surface area contributed by atoms with Gasteiger partial charge in [0.05, 0.1) is 0 Å². The van der Waals surface area contributed by atoms with Crippen LogP contribution < -0.4 is 0 Å². The summed E-state index contributed by atoms with van der Waals surface area (Å²) in [6, 6.07) is 0. The quantitative estimate of drug-likeness (QED) is 0.507. The summed E-state index contributed by atoms with van der Waals surface area (Å²) >= 11 is -1.73. The Labute approximate surface area is 142 Å². The van der Waals surface area contributed by atoms with Crippen LogP contribution in [0.4, 0.5) is 0 Å². The van der Waals surface area contributed by atoms with Crippen molar-refractivity contribution >= 4 is 27.1 Å². The number of allylic oxidation sites excluding steroid dienone is 2. The van der Waals surface area contributed by atoms with E-state index in [4.69, 9.17) is 4.57 Å². The molecule has 0 amide bonds. The summed E-state index contributed by atoms with van der Waals surface area (Å²) in [5, 5.41) is 0. The fourth-order valence-corrected chi connectivity index (χ4v) is 7.40. The van der Waals surface area contributed by atoms with Gasteiger partial charge in [-0.25, -0.2) is 0 Å². The molecule has 0 N–H and O–H groups in total. The van der Waals surface area contributed by atoms with Crippen LogP contribution in [0.1, 0.15) is 65.7 Å². The van der Waals surface area contributed by atoms with Crippen LogP contribution in [0.25, 0.3) is 0 Å². The molecule has 2 fully saturated rings. The molecule has 0 spiro atoms. The van der Waals surface area contributed by atoms with E-state index in [-0.39, 0.29) is 0 Å². The summed E-state index contributed by atoms with van der Waals surface area (Å²) in [5.41, 5.74) is 1.65. The van der Waals surface area contributed by atoms with Crippen LogP contribution in [0.2, 0.25) is 35.2 Å². The Bertz CT molecular complexity index is 380. The van der Waals surface area contributed by atoms with Gasteiger partial charge in [0, 0.05) is 0 Å². The predicted molar refractivity (Wildman–Crippen MR) is 105 cm³/mol. The van der Waals surface area contributed by atoms with Crippen molar-refractivity contribution in [3.63, 3.8) is 0 Å². The summed E-state index contributed by atoms with van der Waals surface area (Å²) in [5.74, 6) is 9.28. The van der Waals surface area contributed by atoms with Crippen LogP contribution >= 0.6 is 0 Å². The van der Waals surface area contributed by atoms with E-state index >= 15 is 0 Å². The summed E-state index contributed by atoms with van der Waals surface area (Å²) in [7, 11) is 0. The van der Waals surface area contributed by atoms with E-state index in [1.807, 2.05) is 0 Å². The molecule has 2 rings (SSSR count). The first-order valence-electron chi connectivity index (χ1n) is 9.74. The summed E-state index contributed by atoms with van der Waals surface area (Å²) < 4.78 is 8.58. The molecule has 2 saturated heterocycles. The average molecular weight is 363 g/mol. The van der Waals surface area contributed by atoms with Crippen LogP contribution in [-0.2, 0) is 4.57 Å². The van der Waals surface area contributed by atoms with Gasteiger partial charge in [0.1, 0.15) is 0 Å². The van der Waals surface area contributed by atoms with Crippen molar-refractivity contribution in [2.45, 2.75) is 101 Å². The molecule has 0 atom stereocenters. The molecule has 0 aromatic carbocycles. The van der Waals surface area contributed by atoms with Crippen molar-refractivity contribution < 1.29 is 4.57 Å². The summed E-state index contributed by atoms with van der Waals surface area (Å²) in [6.45, 7) is 8.02. The molecule has 4 heteroatoms. The Morgan fingerprint density at radius 2 is 1.55 bits per heavy atom. The Hall–Kier alpha value is 0.373. The van der Waals surface area contributed by atoms with E-state index in [9.17, 15) is 0 Å². The van der Waals surface area contributed by atoms with Gasteiger partial charge < -0.3 is 0 Å². The second kappa shape index (κ2) is 7.96. The predicted octanol–water partition coefficient (Wildman–Crippen LogP) is 6.26. The van der Waals surface area contributed by atoms with Crippen LogP contribution in [0.5, 0.6) is 0 Å². The number of rotatable bonds is 6. The SMILES string of the molecule is CCB(OB1C2CCCC1CCC2)/C(CC)=[C](/C)[Ge]([CH3])([CH3])[CH3]. The van der Waals surface area contributed by atoms with Crippen LogP contribution in [-0.4, -0.2) is 27.1 Å². The summed E-state index contributed by atoms with van der Waals surface area (Å²) in [4.78, 5) is 0. The molecule has 2 bridgehead atoms. The Kier molecular flexibility index (Phi) is 6.77. The van der Waals surface area contributed by atoms with Gasteiger partial charge in [0.15, 0.2) is 0 Å². The molecule has 1 nitrogen and oxygen atoms in total. The fraction of sp³-hybridized carbons (Fsp3) is 0.889. The average Bonchev–Trinajstić information content (AvgIpc) is 2.45. The zero-order valence-electron chi connectivity index (χ0n) is 15.9. The van der Waals surface area contributed by atoms with Gasteiger partial charge in [0.2, 0.25) is 0 Å². The first kappa shape index (κ1) is 18.7.